The van der Waals surface area contributed by atoms with Crippen LogP contribution in [0.3, 0.4) is 0 Å². The lowest BCUT2D eigenvalue weighted by Gasteiger charge is -2.31. The molecule has 7 heteroatoms. The number of likely N-dealkylation sites (tertiary alicyclic amines) is 1. The van der Waals surface area contributed by atoms with Crippen molar-refractivity contribution in [3.63, 3.8) is 0 Å². The van der Waals surface area contributed by atoms with Crippen molar-refractivity contribution in [2.75, 3.05) is 19.6 Å². The maximum atomic E-state index is 12.1. The lowest BCUT2D eigenvalue weighted by molar-refractivity contribution is -0.124. The SMILES string of the molecule is NC(=O)CN1CCC(NC(=O)C(N)c2cccs2)CC1. The van der Waals surface area contributed by atoms with Crippen molar-refractivity contribution in [2.24, 2.45) is 11.5 Å². The molecule has 0 aromatic carbocycles. The van der Waals surface area contributed by atoms with Gasteiger partial charge in [-0.1, -0.05) is 6.07 Å². The molecule has 20 heavy (non-hydrogen) atoms. The fourth-order valence-electron chi connectivity index (χ4n) is 2.34. The van der Waals surface area contributed by atoms with Crippen molar-refractivity contribution in [1.29, 1.82) is 0 Å². The lowest BCUT2D eigenvalue weighted by atomic mass is 10.0. The van der Waals surface area contributed by atoms with Crippen molar-refractivity contribution in [3.8, 4) is 0 Å². The Morgan fingerprint density at radius 2 is 2.15 bits per heavy atom. The van der Waals surface area contributed by atoms with Crippen molar-refractivity contribution >= 4 is 23.2 Å². The minimum atomic E-state index is -0.598. The summed E-state index contributed by atoms with van der Waals surface area (Å²) in [6.07, 6.45) is 1.63. The van der Waals surface area contributed by atoms with Crippen molar-refractivity contribution in [3.05, 3.63) is 22.4 Å². The standard InChI is InChI=1S/C13H20N4O2S/c14-11(18)8-17-5-3-9(4-6-17)16-13(19)12(15)10-2-1-7-20-10/h1-2,7,9,12H,3-6,8,15H2,(H2,14,18)(H,16,19). The fourth-order valence-corrected chi connectivity index (χ4v) is 3.07. The molecule has 1 aromatic heterocycles. The Morgan fingerprint density at radius 1 is 1.45 bits per heavy atom. The van der Waals surface area contributed by atoms with E-state index in [4.69, 9.17) is 11.5 Å². The van der Waals surface area contributed by atoms with Gasteiger partial charge in [-0.3, -0.25) is 14.5 Å². The number of piperidine rings is 1. The molecule has 2 rings (SSSR count). The number of amides is 2. The van der Waals surface area contributed by atoms with E-state index in [1.54, 1.807) is 0 Å². The molecule has 0 aliphatic carbocycles. The van der Waals surface area contributed by atoms with E-state index in [1.807, 2.05) is 22.4 Å². The first kappa shape index (κ1) is 15.0. The first-order chi connectivity index (χ1) is 9.56. The minimum Gasteiger partial charge on any atom is -0.369 e. The van der Waals surface area contributed by atoms with Gasteiger partial charge in [0.15, 0.2) is 0 Å². The topological polar surface area (TPSA) is 101 Å². The number of nitrogens with zero attached hydrogens (tertiary/aromatic N) is 1. The third kappa shape index (κ3) is 4.03. The highest BCUT2D eigenvalue weighted by Crippen LogP contribution is 2.18. The number of nitrogens with two attached hydrogens (primary N) is 2. The minimum absolute atomic E-state index is 0.123. The van der Waals surface area contributed by atoms with E-state index >= 15 is 0 Å². The Hall–Kier alpha value is -1.44. The van der Waals surface area contributed by atoms with Crippen LogP contribution in [0.25, 0.3) is 0 Å². The molecule has 1 aromatic rings. The van der Waals surface area contributed by atoms with Crippen LogP contribution in [0.2, 0.25) is 0 Å². The Kier molecular flexibility index (Phi) is 5.11. The molecule has 0 spiro atoms. The van der Waals surface area contributed by atoms with Gasteiger partial charge >= 0.3 is 0 Å². The maximum absolute atomic E-state index is 12.1. The largest absolute Gasteiger partial charge is 0.369 e. The number of primary amides is 1. The lowest BCUT2D eigenvalue weighted by Crippen LogP contribution is -2.48. The van der Waals surface area contributed by atoms with Crippen molar-refractivity contribution in [2.45, 2.75) is 24.9 Å². The van der Waals surface area contributed by atoms with E-state index in [9.17, 15) is 9.59 Å². The highest BCUT2D eigenvalue weighted by Gasteiger charge is 2.24. The number of hydrogen-bond acceptors (Lipinski definition) is 5. The number of rotatable bonds is 5. The molecule has 0 radical (unpaired) electrons. The van der Waals surface area contributed by atoms with E-state index < -0.39 is 6.04 Å². The summed E-state index contributed by atoms with van der Waals surface area (Å²) in [4.78, 5) is 25.8. The molecule has 1 fully saturated rings. The van der Waals surface area contributed by atoms with Gasteiger partial charge in [0.2, 0.25) is 11.8 Å². The summed E-state index contributed by atoms with van der Waals surface area (Å²) < 4.78 is 0. The zero-order chi connectivity index (χ0) is 14.5. The molecule has 1 saturated heterocycles. The van der Waals surface area contributed by atoms with Crippen LogP contribution in [-0.4, -0.2) is 42.4 Å². The van der Waals surface area contributed by atoms with Crippen LogP contribution in [0.5, 0.6) is 0 Å². The summed E-state index contributed by atoms with van der Waals surface area (Å²) >= 11 is 1.48. The van der Waals surface area contributed by atoms with Crippen LogP contribution < -0.4 is 16.8 Å². The average molecular weight is 296 g/mol. The molecule has 2 amide bonds. The van der Waals surface area contributed by atoms with Gasteiger partial charge in [-0.05, 0) is 24.3 Å². The van der Waals surface area contributed by atoms with Crippen LogP contribution in [0, 0.1) is 0 Å². The summed E-state index contributed by atoms with van der Waals surface area (Å²) in [5, 5.41) is 4.89. The number of nitrogens with one attached hydrogen (secondary N) is 1. The first-order valence-electron chi connectivity index (χ1n) is 6.66. The maximum Gasteiger partial charge on any atom is 0.242 e. The summed E-state index contributed by atoms with van der Waals surface area (Å²) in [6.45, 7) is 1.82. The quantitative estimate of drug-likeness (QED) is 0.701. The average Bonchev–Trinajstić information content (AvgIpc) is 2.93. The monoisotopic (exact) mass is 296 g/mol. The Labute approximate surface area is 122 Å². The molecule has 1 aliphatic heterocycles. The Bertz CT molecular complexity index is 455. The van der Waals surface area contributed by atoms with Crippen LogP contribution in [0.4, 0.5) is 0 Å². The summed E-state index contributed by atoms with van der Waals surface area (Å²) in [5.74, 6) is -0.451. The molecule has 1 unspecified atom stereocenters. The zero-order valence-corrected chi connectivity index (χ0v) is 12.1. The smallest absolute Gasteiger partial charge is 0.242 e. The molecule has 110 valence electrons. The van der Waals surface area contributed by atoms with E-state index in [0.29, 0.717) is 0 Å². The second-order valence-electron chi connectivity index (χ2n) is 5.02. The molecule has 0 saturated carbocycles. The zero-order valence-electron chi connectivity index (χ0n) is 11.2. The van der Waals surface area contributed by atoms with Crippen molar-refractivity contribution in [1.82, 2.24) is 10.2 Å². The summed E-state index contributed by atoms with van der Waals surface area (Å²) in [5.41, 5.74) is 11.1. The summed E-state index contributed by atoms with van der Waals surface area (Å²) in [6, 6.07) is 3.27. The van der Waals surface area contributed by atoms with Crippen LogP contribution in [-0.2, 0) is 9.59 Å². The van der Waals surface area contributed by atoms with Crippen molar-refractivity contribution < 1.29 is 9.59 Å². The number of carbonyl (C=O) groups is 2. The Balaban J connectivity index is 1.78. The predicted octanol–water partition coefficient (Wildman–Crippen LogP) is -0.186. The van der Waals surface area contributed by atoms with Gasteiger partial charge in [0.1, 0.15) is 6.04 Å². The molecular formula is C13H20N4O2S. The van der Waals surface area contributed by atoms with Gasteiger partial charge in [0.05, 0.1) is 6.54 Å². The number of carbonyl (C=O) groups excluding carboxylic acids is 2. The third-order valence-corrected chi connectivity index (χ3v) is 4.40. The Morgan fingerprint density at radius 3 is 2.70 bits per heavy atom. The molecule has 2 heterocycles. The first-order valence-corrected chi connectivity index (χ1v) is 7.54. The molecule has 0 bridgehead atoms. The van der Waals surface area contributed by atoms with Gasteiger partial charge in [0, 0.05) is 24.0 Å². The van der Waals surface area contributed by atoms with Gasteiger partial charge in [0.25, 0.3) is 0 Å². The number of thiophene rings is 1. The fraction of sp³-hybridized carbons (Fsp3) is 0.538. The highest BCUT2D eigenvalue weighted by atomic mass is 32.1. The summed E-state index contributed by atoms with van der Waals surface area (Å²) in [7, 11) is 0. The van der Waals surface area contributed by atoms with Gasteiger partial charge in [-0.25, -0.2) is 0 Å². The highest BCUT2D eigenvalue weighted by molar-refractivity contribution is 7.10. The van der Waals surface area contributed by atoms with Crippen LogP contribution in [0.15, 0.2) is 17.5 Å². The van der Waals surface area contributed by atoms with E-state index in [1.165, 1.54) is 11.3 Å². The van der Waals surface area contributed by atoms with Gasteiger partial charge < -0.3 is 16.8 Å². The van der Waals surface area contributed by atoms with Crippen LogP contribution in [0.1, 0.15) is 23.8 Å². The second kappa shape index (κ2) is 6.83. The number of hydrogen-bond donors (Lipinski definition) is 3. The van der Waals surface area contributed by atoms with E-state index in [2.05, 4.69) is 5.32 Å². The normalized spacial score (nSPS) is 18.6. The van der Waals surface area contributed by atoms with E-state index in [-0.39, 0.29) is 24.4 Å². The predicted molar refractivity (Wildman–Crippen MR) is 78.0 cm³/mol. The molecule has 1 aliphatic rings. The van der Waals surface area contributed by atoms with E-state index in [0.717, 1.165) is 30.8 Å². The van der Waals surface area contributed by atoms with Gasteiger partial charge in [-0.15, -0.1) is 11.3 Å². The molecule has 5 N–H and O–H groups in total. The second-order valence-corrected chi connectivity index (χ2v) is 6.00. The third-order valence-electron chi connectivity index (χ3n) is 3.45. The van der Waals surface area contributed by atoms with Crippen LogP contribution >= 0.6 is 11.3 Å². The molecule has 6 nitrogen and oxygen atoms in total. The molecular weight excluding hydrogens is 276 g/mol. The molecule has 1 atom stereocenters. The van der Waals surface area contributed by atoms with Gasteiger partial charge in [-0.2, -0.15) is 0 Å².